The number of allylic oxidation sites excluding steroid dienone is 1. The van der Waals surface area contributed by atoms with Gasteiger partial charge < -0.3 is 15.1 Å². The number of phenolic OH excluding ortho intramolecular Hbond substituents is 1. The van der Waals surface area contributed by atoms with E-state index in [1.54, 1.807) is 12.1 Å². The van der Waals surface area contributed by atoms with Crippen LogP contribution < -0.4 is 0 Å². The zero-order valence-corrected chi connectivity index (χ0v) is 13.0. The third-order valence-corrected chi connectivity index (χ3v) is 4.49. The topological polar surface area (TPSA) is 60.8 Å². The first-order chi connectivity index (χ1) is 10.6. The number of aliphatic hydroxyl groups is 1. The summed E-state index contributed by atoms with van der Waals surface area (Å²) < 4.78 is 0. The normalized spacial score (nSPS) is 21.6. The van der Waals surface area contributed by atoms with E-state index in [1.165, 1.54) is 0 Å². The average Bonchev–Trinajstić information content (AvgIpc) is 2.54. The largest absolute Gasteiger partial charge is 0.508 e. The first-order valence-electron chi connectivity index (χ1n) is 7.86. The number of likely N-dealkylation sites (tertiary alicyclic amines) is 1. The van der Waals surface area contributed by atoms with Crippen molar-refractivity contribution in [3.63, 3.8) is 0 Å². The van der Waals surface area contributed by atoms with Gasteiger partial charge in [0, 0.05) is 24.9 Å². The Morgan fingerprint density at radius 1 is 1.36 bits per heavy atom. The molecule has 0 aliphatic carbocycles. The van der Waals surface area contributed by atoms with Gasteiger partial charge in [-0.3, -0.25) is 4.79 Å². The predicted molar refractivity (Wildman–Crippen MR) is 86.6 cm³/mol. The molecule has 0 saturated carbocycles. The molecule has 4 nitrogen and oxygen atoms in total. The summed E-state index contributed by atoms with van der Waals surface area (Å²) in [5, 5.41) is 19.0. The number of rotatable bonds is 6. The molecular weight excluding hydrogens is 278 g/mol. The van der Waals surface area contributed by atoms with Crippen molar-refractivity contribution >= 4 is 5.91 Å². The number of amides is 1. The lowest BCUT2D eigenvalue weighted by Gasteiger charge is -2.41. The molecule has 0 radical (unpaired) electrons. The molecule has 2 N–H and O–H groups in total. The molecule has 1 aliphatic heterocycles. The van der Waals surface area contributed by atoms with Crippen molar-refractivity contribution in [2.24, 2.45) is 5.41 Å². The Kier molecular flexibility index (Phi) is 5.61. The van der Waals surface area contributed by atoms with E-state index in [1.807, 2.05) is 23.1 Å². The fourth-order valence-corrected chi connectivity index (χ4v) is 3.16. The number of carbonyl (C=O) groups is 1. The maximum absolute atomic E-state index is 12.4. The van der Waals surface area contributed by atoms with Gasteiger partial charge in [0.05, 0.1) is 6.61 Å². The summed E-state index contributed by atoms with van der Waals surface area (Å²) in [4.78, 5) is 14.3. The van der Waals surface area contributed by atoms with E-state index in [4.69, 9.17) is 0 Å². The van der Waals surface area contributed by atoms with Crippen LogP contribution in [0.4, 0.5) is 0 Å². The molecule has 1 fully saturated rings. The molecule has 1 amide bonds. The number of carbonyl (C=O) groups excluding carboxylic acids is 1. The number of hydrogen-bond acceptors (Lipinski definition) is 3. The van der Waals surface area contributed by atoms with Gasteiger partial charge in [-0.05, 0) is 43.4 Å². The van der Waals surface area contributed by atoms with Crippen molar-refractivity contribution in [2.75, 3.05) is 19.7 Å². The SMILES string of the molecule is C=CCC1(CO)CCCN(C(=O)CCc2ccc(O)cc2)C1. The molecule has 1 atom stereocenters. The summed E-state index contributed by atoms with van der Waals surface area (Å²) in [5.74, 6) is 0.373. The molecular formula is C18H25NO3. The molecule has 1 heterocycles. The minimum atomic E-state index is -0.214. The van der Waals surface area contributed by atoms with E-state index < -0.39 is 0 Å². The van der Waals surface area contributed by atoms with Crippen LogP contribution in [0.2, 0.25) is 0 Å². The lowest BCUT2D eigenvalue weighted by molar-refractivity contribution is -0.135. The lowest BCUT2D eigenvalue weighted by Crippen LogP contribution is -2.47. The van der Waals surface area contributed by atoms with Crippen molar-refractivity contribution in [2.45, 2.75) is 32.1 Å². The summed E-state index contributed by atoms with van der Waals surface area (Å²) in [6.07, 6.45) is 5.58. The van der Waals surface area contributed by atoms with Gasteiger partial charge in [0.25, 0.3) is 0 Å². The van der Waals surface area contributed by atoms with E-state index in [9.17, 15) is 15.0 Å². The summed E-state index contributed by atoms with van der Waals surface area (Å²) in [5.41, 5.74) is 0.830. The number of nitrogens with zero attached hydrogens (tertiary/aromatic N) is 1. The van der Waals surface area contributed by atoms with E-state index in [0.717, 1.165) is 31.4 Å². The molecule has 1 aliphatic rings. The van der Waals surface area contributed by atoms with Crippen LogP contribution in [0.3, 0.4) is 0 Å². The second-order valence-electron chi connectivity index (χ2n) is 6.24. The highest BCUT2D eigenvalue weighted by Gasteiger charge is 2.35. The van der Waals surface area contributed by atoms with Crippen LogP contribution in [-0.2, 0) is 11.2 Å². The number of hydrogen-bond donors (Lipinski definition) is 2. The number of phenols is 1. The van der Waals surface area contributed by atoms with E-state index in [-0.39, 0.29) is 23.7 Å². The highest BCUT2D eigenvalue weighted by atomic mass is 16.3. The summed E-state index contributed by atoms with van der Waals surface area (Å²) in [6, 6.07) is 6.96. The monoisotopic (exact) mass is 303 g/mol. The van der Waals surface area contributed by atoms with Crippen LogP contribution in [0.15, 0.2) is 36.9 Å². The highest BCUT2D eigenvalue weighted by Crippen LogP contribution is 2.33. The van der Waals surface area contributed by atoms with Crippen LogP contribution in [-0.4, -0.2) is 40.7 Å². The Balaban J connectivity index is 1.91. The zero-order valence-electron chi connectivity index (χ0n) is 13.0. The quantitative estimate of drug-likeness (QED) is 0.794. The molecule has 120 valence electrons. The number of aryl methyl sites for hydroxylation is 1. The third kappa shape index (κ3) is 4.10. The standard InChI is InChI=1S/C18H25NO3/c1-2-10-18(14-20)11-3-12-19(13-18)17(22)9-6-15-4-7-16(21)8-5-15/h2,4-5,7-8,20-21H,1,3,6,9-14H2. The van der Waals surface area contributed by atoms with Gasteiger partial charge in [0.2, 0.25) is 5.91 Å². The average molecular weight is 303 g/mol. The fourth-order valence-electron chi connectivity index (χ4n) is 3.16. The first kappa shape index (κ1) is 16.6. The van der Waals surface area contributed by atoms with Crippen molar-refractivity contribution < 1.29 is 15.0 Å². The van der Waals surface area contributed by atoms with Crippen LogP contribution >= 0.6 is 0 Å². The molecule has 4 heteroatoms. The molecule has 0 aromatic heterocycles. The zero-order chi connectivity index (χ0) is 16.0. The van der Waals surface area contributed by atoms with Gasteiger partial charge in [-0.2, -0.15) is 0 Å². The van der Waals surface area contributed by atoms with Gasteiger partial charge in [-0.1, -0.05) is 18.2 Å². The smallest absolute Gasteiger partial charge is 0.222 e. The van der Waals surface area contributed by atoms with Crippen molar-refractivity contribution in [3.8, 4) is 5.75 Å². The Hall–Kier alpha value is -1.81. The summed E-state index contributed by atoms with van der Waals surface area (Å²) in [7, 11) is 0. The summed E-state index contributed by atoms with van der Waals surface area (Å²) in [6.45, 7) is 5.25. The number of aromatic hydroxyl groups is 1. The molecule has 1 unspecified atom stereocenters. The van der Waals surface area contributed by atoms with Gasteiger partial charge in [-0.15, -0.1) is 6.58 Å². The number of benzene rings is 1. The van der Waals surface area contributed by atoms with Gasteiger partial charge in [-0.25, -0.2) is 0 Å². The number of aliphatic hydroxyl groups excluding tert-OH is 1. The lowest BCUT2D eigenvalue weighted by atomic mass is 9.77. The molecule has 0 bridgehead atoms. The predicted octanol–water partition coefficient (Wildman–Crippen LogP) is 2.50. The van der Waals surface area contributed by atoms with Crippen LogP contribution in [0.5, 0.6) is 5.75 Å². The van der Waals surface area contributed by atoms with E-state index in [0.29, 0.717) is 19.4 Å². The number of piperidine rings is 1. The summed E-state index contributed by atoms with van der Waals surface area (Å²) >= 11 is 0. The van der Waals surface area contributed by atoms with Crippen molar-refractivity contribution in [3.05, 3.63) is 42.5 Å². The van der Waals surface area contributed by atoms with Gasteiger partial charge >= 0.3 is 0 Å². The molecule has 1 aromatic carbocycles. The second kappa shape index (κ2) is 7.45. The van der Waals surface area contributed by atoms with E-state index in [2.05, 4.69) is 6.58 Å². The Morgan fingerprint density at radius 2 is 2.09 bits per heavy atom. The van der Waals surface area contributed by atoms with Gasteiger partial charge in [0.1, 0.15) is 5.75 Å². The molecule has 1 aromatic rings. The Bertz CT molecular complexity index is 512. The maximum atomic E-state index is 12.4. The molecule has 2 rings (SSSR count). The Morgan fingerprint density at radius 3 is 2.73 bits per heavy atom. The van der Waals surface area contributed by atoms with Crippen molar-refractivity contribution in [1.29, 1.82) is 0 Å². The highest BCUT2D eigenvalue weighted by molar-refractivity contribution is 5.76. The maximum Gasteiger partial charge on any atom is 0.222 e. The minimum absolute atomic E-state index is 0.0980. The fraction of sp³-hybridized carbons (Fsp3) is 0.500. The van der Waals surface area contributed by atoms with Crippen LogP contribution in [0, 0.1) is 5.41 Å². The third-order valence-electron chi connectivity index (χ3n) is 4.49. The minimum Gasteiger partial charge on any atom is -0.508 e. The van der Waals surface area contributed by atoms with Crippen molar-refractivity contribution in [1.82, 2.24) is 4.90 Å². The van der Waals surface area contributed by atoms with Crippen LogP contribution in [0.1, 0.15) is 31.2 Å². The molecule has 0 spiro atoms. The first-order valence-corrected chi connectivity index (χ1v) is 7.86. The Labute approximate surface area is 132 Å². The molecule has 1 saturated heterocycles. The molecule has 22 heavy (non-hydrogen) atoms. The second-order valence-corrected chi connectivity index (χ2v) is 6.24. The van der Waals surface area contributed by atoms with Gasteiger partial charge in [0.15, 0.2) is 0 Å². The van der Waals surface area contributed by atoms with Crippen LogP contribution in [0.25, 0.3) is 0 Å². The van der Waals surface area contributed by atoms with E-state index >= 15 is 0 Å².